The van der Waals surface area contributed by atoms with Crippen LogP contribution in [0.25, 0.3) is 0 Å². The fourth-order valence-electron chi connectivity index (χ4n) is 1.87. The Morgan fingerprint density at radius 2 is 2.06 bits per heavy atom. The molecule has 0 atom stereocenters. The Morgan fingerprint density at radius 3 is 2.72 bits per heavy atom. The molecule has 0 saturated carbocycles. The van der Waals surface area contributed by atoms with Crippen molar-refractivity contribution in [1.29, 1.82) is 0 Å². The number of nitrogens with one attached hydrogen (secondary N) is 1. The molecule has 1 aliphatic heterocycles. The Bertz CT molecular complexity index is 422. The van der Waals surface area contributed by atoms with Gasteiger partial charge in [0.2, 0.25) is 0 Å². The number of hydrogen-bond donors (Lipinski definition) is 1. The lowest BCUT2D eigenvalue weighted by molar-refractivity contribution is 0.222. The highest BCUT2D eigenvalue weighted by molar-refractivity contribution is 7.99. The molecule has 0 bridgehead atoms. The normalized spacial score (nSPS) is 15.2. The van der Waals surface area contributed by atoms with E-state index in [1.807, 2.05) is 0 Å². The number of anilines is 1. The Morgan fingerprint density at radius 1 is 1.33 bits per heavy atom. The third-order valence-corrected chi connectivity index (χ3v) is 3.41. The third-order valence-electron chi connectivity index (χ3n) is 2.70. The largest absolute Gasteiger partial charge is 0.325 e. The predicted molar refractivity (Wildman–Crippen MR) is 68.1 cm³/mol. The zero-order valence-electron chi connectivity index (χ0n) is 9.73. The number of likely N-dealkylation sites (tertiary alicyclic amines) is 1. The Hall–Kier alpha value is -1.30. The van der Waals surface area contributed by atoms with E-state index in [0.29, 0.717) is 22.3 Å². The SMILES string of the molecule is O=C(Nc1cccc(SC(F)F)c1)N1CCCC1. The van der Waals surface area contributed by atoms with Gasteiger partial charge in [-0.15, -0.1) is 0 Å². The Labute approximate surface area is 109 Å². The van der Waals surface area contributed by atoms with Gasteiger partial charge in [0, 0.05) is 23.7 Å². The lowest BCUT2D eigenvalue weighted by atomic mass is 10.3. The average Bonchev–Trinajstić information content (AvgIpc) is 2.81. The van der Waals surface area contributed by atoms with Crippen LogP contribution in [-0.2, 0) is 0 Å². The summed E-state index contributed by atoms with van der Waals surface area (Å²) in [4.78, 5) is 14.0. The zero-order chi connectivity index (χ0) is 13.0. The molecule has 2 amide bonds. The molecule has 1 heterocycles. The second-order valence-corrected chi connectivity index (χ2v) is 5.09. The first-order valence-electron chi connectivity index (χ1n) is 5.76. The minimum Gasteiger partial charge on any atom is -0.325 e. The second-order valence-electron chi connectivity index (χ2n) is 4.03. The number of nitrogens with zero attached hydrogens (tertiary/aromatic N) is 1. The van der Waals surface area contributed by atoms with Crippen LogP contribution < -0.4 is 5.32 Å². The minimum atomic E-state index is -2.45. The topological polar surface area (TPSA) is 32.3 Å². The molecule has 0 aliphatic carbocycles. The molecule has 1 aromatic carbocycles. The molecule has 6 heteroatoms. The first-order chi connectivity index (χ1) is 8.65. The summed E-state index contributed by atoms with van der Waals surface area (Å²) < 4.78 is 24.5. The van der Waals surface area contributed by atoms with E-state index < -0.39 is 5.76 Å². The number of hydrogen-bond acceptors (Lipinski definition) is 2. The molecular weight excluding hydrogens is 258 g/mol. The number of rotatable bonds is 3. The van der Waals surface area contributed by atoms with Gasteiger partial charge < -0.3 is 10.2 Å². The summed E-state index contributed by atoms with van der Waals surface area (Å²) >= 11 is 0.474. The van der Waals surface area contributed by atoms with Crippen molar-refractivity contribution in [2.75, 3.05) is 18.4 Å². The lowest BCUT2D eigenvalue weighted by Gasteiger charge is -2.16. The molecule has 0 spiro atoms. The zero-order valence-corrected chi connectivity index (χ0v) is 10.6. The fraction of sp³-hybridized carbons (Fsp3) is 0.417. The van der Waals surface area contributed by atoms with Crippen LogP contribution in [0, 0.1) is 0 Å². The highest BCUT2D eigenvalue weighted by Gasteiger charge is 2.17. The van der Waals surface area contributed by atoms with E-state index >= 15 is 0 Å². The smallest absolute Gasteiger partial charge is 0.321 e. The van der Waals surface area contributed by atoms with Gasteiger partial charge in [-0.25, -0.2) is 4.79 Å². The number of urea groups is 1. The van der Waals surface area contributed by atoms with Crippen molar-refractivity contribution in [2.24, 2.45) is 0 Å². The molecule has 1 N–H and O–H groups in total. The molecule has 0 unspecified atom stereocenters. The Balaban J connectivity index is 1.97. The van der Waals surface area contributed by atoms with Crippen molar-refractivity contribution in [2.45, 2.75) is 23.5 Å². The third kappa shape index (κ3) is 3.60. The van der Waals surface area contributed by atoms with Gasteiger partial charge in [-0.2, -0.15) is 8.78 Å². The number of halogens is 2. The van der Waals surface area contributed by atoms with Gasteiger partial charge in [-0.1, -0.05) is 17.8 Å². The van der Waals surface area contributed by atoms with E-state index in [9.17, 15) is 13.6 Å². The molecule has 1 fully saturated rings. The van der Waals surface area contributed by atoms with Crippen molar-refractivity contribution >= 4 is 23.5 Å². The van der Waals surface area contributed by atoms with Crippen LogP contribution in [0.3, 0.4) is 0 Å². The summed E-state index contributed by atoms with van der Waals surface area (Å²) in [6, 6.07) is 6.35. The van der Waals surface area contributed by atoms with Gasteiger partial charge >= 0.3 is 6.03 Å². The first-order valence-corrected chi connectivity index (χ1v) is 6.64. The Kier molecular flexibility index (Phi) is 4.41. The number of thioether (sulfide) groups is 1. The van der Waals surface area contributed by atoms with Gasteiger partial charge in [-0.05, 0) is 31.0 Å². The van der Waals surface area contributed by atoms with Crippen LogP contribution in [0.5, 0.6) is 0 Å². The van der Waals surface area contributed by atoms with Crippen LogP contribution in [0.1, 0.15) is 12.8 Å². The van der Waals surface area contributed by atoms with Crippen LogP contribution >= 0.6 is 11.8 Å². The highest BCUT2D eigenvalue weighted by Crippen LogP contribution is 2.27. The van der Waals surface area contributed by atoms with E-state index in [1.54, 1.807) is 29.2 Å². The van der Waals surface area contributed by atoms with Crippen LogP contribution in [-0.4, -0.2) is 29.8 Å². The second kappa shape index (κ2) is 6.04. The molecule has 98 valence electrons. The van der Waals surface area contributed by atoms with E-state index in [4.69, 9.17) is 0 Å². The fourth-order valence-corrected chi connectivity index (χ4v) is 2.43. The molecule has 3 nitrogen and oxygen atoms in total. The average molecular weight is 272 g/mol. The quantitative estimate of drug-likeness (QED) is 0.852. The summed E-state index contributed by atoms with van der Waals surface area (Å²) in [6.45, 7) is 1.52. The standard InChI is InChI=1S/C12H14F2N2OS/c13-11(14)18-10-5-3-4-9(8-10)15-12(17)16-6-1-2-7-16/h3-5,8,11H,1-2,6-7H2,(H,15,17). The predicted octanol–water partition coefficient (Wildman–Crippen LogP) is 3.63. The van der Waals surface area contributed by atoms with E-state index in [-0.39, 0.29) is 6.03 Å². The van der Waals surface area contributed by atoms with Gasteiger partial charge in [0.1, 0.15) is 0 Å². The molecule has 18 heavy (non-hydrogen) atoms. The van der Waals surface area contributed by atoms with E-state index in [2.05, 4.69) is 5.32 Å². The van der Waals surface area contributed by atoms with Crippen LogP contribution in [0.2, 0.25) is 0 Å². The summed E-state index contributed by atoms with van der Waals surface area (Å²) in [5.74, 6) is -2.45. The molecule has 1 aliphatic rings. The van der Waals surface area contributed by atoms with Crippen molar-refractivity contribution in [1.82, 2.24) is 4.90 Å². The van der Waals surface area contributed by atoms with Crippen molar-refractivity contribution in [3.8, 4) is 0 Å². The lowest BCUT2D eigenvalue weighted by Crippen LogP contribution is -2.32. The van der Waals surface area contributed by atoms with Crippen LogP contribution in [0.4, 0.5) is 19.3 Å². The molecule has 0 radical (unpaired) electrons. The molecule has 1 aromatic rings. The number of carbonyl (C=O) groups excluding carboxylic acids is 1. The summed E-state index contributed by atoms with van der Waals surface area (Å²) in [5.41, 5.74) is 0.553. The molecule has 1 saturated heterocycles. The maximum absolute atomic E-state index is 12.2. The van der Waals surface area contributed by atoms with E-state index in [0.717, 1.165) is 25.9 Å². The number of amides is 2. The minimum absolute atomic E-state index is 0.160. The molecular formula is C12H14F2N2OS. The number of carbonyl (C=O) groups is 1. The highest BCUT2D eigenvalue weighted by atomic mass is 32.2. The number of alkyl halides is 2. The summed E-state index contributed by atoms with van der Waals surface area (Å²) in [5, 5.41) is 2.73. The molecule has 0 aromatic heterocycles. The van der Waals surface area contributed by atoms with E-state index in [1.165, 1.54) is 0 Å². The van der Waals surface area contributed by atoms with Gasteiger partial charge in [0.15, 0.2) is 0 Å². The number of benzene rings is 1. The van der Waals surface area contributed by atoms with Crippen LogP contribution in [0.15, 0.2) is 29.2 Å². The molecule has 2 rings (SSSR count). The summed E-state index contributed by atoms with van der Waals surface area (Å²) in [7, 11) is 0. The maximum Gasteiger partial charge on any atom is 0.321 e. The van der Waals surface area contributed by atoms with Crippen molar-refractivity contribution in [3.05, 3.63) is 24.3 Å². The first kappa shape index (κ1) is 13.1. The van der Waals surface area contributed by atoms with Gasteiger partial charge in [0.25, 0.3) is 5.76 Å². The maximum atomic E-state index is 12.2. The van der Waals surface area contributed by atoms with Gasteiger partial charge in [0.05, 0.1) is 0 Å². The van der Waals surface area contributed by atoms with Crippen molar-refractivity contribution in [3.63, 3.8) is 0 Å². The van der Waals surface area contributed by atoms with Gasteiger partial charge in [-0.3, -0.25) is 0 Å². The monoisotopic (exact) mass is 272 g/mol. The summed E-state index contributed by atoms with van der Waals surface area (Å²) in [6.07, 6.45) is 2.05. The van der Waals surface area contributed by atoms with Crippen molar-refractivity contribution < 1.29 is 13.6 Å².